The summed E-state index contributed by atoms with van der Waals surface area (Å²) in [5, 5.41) is 6.10. The van der Waals surface area contributed by atoms with Gasteiger partial charge in [-0.25, -0.2) is 4.98 Å². The van der Waals surface area contributed by atoms with Crippen molar-refractivity contribution in [3.05, 3.63) is 39.8 Å². The minimum absolute atomic E-state index is 0.0186. The fraction of sp³-hybridized carbons (Fsp3) is 0.500. The van der Waals surface area contributed by atoms with Crippen LogP contribution in [-0.2, 0) is 16.8 Å². The van der Waals surface area contributed by atoms with Crippen LogP contribution in [0.25, 0.3) is 0 Å². The van der Waals surface area contributed by atoms with Crippen LogP contribution in [-0.4, -0.2) is 41.3 Å². The fourth-order valence-corrected chi connectivity index (χ4v) is 4.68. The molecule has 0 atom stereocenters. The van der Waals surface area contributed by atoms with E-state index >= 15 is 0 Å². The summed E-state index contributed by atoms with van der Waals surface area (Å²) < 4.78 is 5.37. The average molecular weight is 414 g/mol. The third-order valence-electron chi connectivity index (χ3n) is 5.43. The van der Waals surface area contributed by atoms with Gasteiger partial charge in [0, 0.05) is 28.8 Å². The number of fused-ring (bicyclic) bond motifs is 1. The maximum Gasteiger partial charge on any atom is 0.262 e. The van der Waals surface area contributed by atoms with Crippen LogP contribution >= 0.6 is 11.3 Å². The number of nitrogens with one attached hydrogen (secondary N) is 1. The number of likely N-dealkylation sites (tertiary alicyclic amines) is 1. The first-order valence-corrected chi connectivity index (χ1v) is 11.0. The first-order chi connectivity index (χ1) is 13.8. The molecule has 0 radical (unpaired) electrons. The summed E-state index contributed by atoms with van der Waals surface area (Å²) in [5.41, 5.74) is 2.43. The zero-order chi connectivity index (χ0) is 20.6. The summed E-state index contributed by atoms with van der Waals surface area (Å²) >= 11 is 1.73. The second-order valence-electron chi connectivity index (χ2n) is 8.86. The van der Waals surface area contributed by atoms with Gasteiger partial charge in [0.15, 0.2) is 12.4 Å². The second kappa shape index (κ2) is 7.88. The number of amides is 1. The molecule has 7 heteroatoms. The molecule has 1 saturated heterocycles. The lowest BCUT2D eigenvalue weighted by atomic mass is 9.88. The Morgan fingerprint density at radius 1 is 1.31 bits per heavy atom. The Kier molecular flexibility index (Phi) is 5.44. The van der Waals surface area contributed by atoms with E-state index in [1.807, 2.05) is 0 Å². The van der Waals surface area contributed by atoms with Crippen LogP contribution < -0.4 is 10.1 Å². The van der Waals surface area contributed by atoms with Crippen molar-refractivity contribution in [3.8, 4) is 5.75 Å². The zero-order valence-corrected chi connectivity index (χ0v) is 18.0. The quantitative estimate of drug-likeness (QED) is 0.771. The largest absolute Gasteiger partial charge is 0.482 e. The van der Waals surface area contributed by atoms with E-state index < -0.39 is 0 Å². The fourth-order valence-electron chi connectivity index (χ4n) is 3.78. The number of hydrogen-bond donors (Lipinski definition) is 1. The third kappa shape index (κ3) is 4.51. The molecule has 0 spiro atoms. The molecule has 0 aliphatic carbocycles. The van der Waals surface area contributed by atoms with E-state index in [0.29, 0.717) is 17.0 Å². The van der Waals surface area contributed by atoms with E-state index in [2.05, 4.69) is 36.4 Å². The summed E-state index contributed by atoms with van der Waals surface area (Å²) in [6.07, 6.45) is 1.68. The van der Waals surface area contributed by atoms with Gasteiger partial charge in [-0.15, -0.1) is 11.3 Å². The zero-order valence-electron chi connectivity index (χ0n) is 17.2. The number of anilines is 1. The maximum absolute atomic E-state index is 13.0. The standard InChI is InChI=1S/C22H27N3O3S/c1-22(2,3)21-23-16(13-29-21)11-25-8-6-14(7-9-25)20(27)15-4-5-18-17(10-15)24-19(26)12-28-18/h4-5,10,13-14H,6-9,11-12H2,1-3H3,(H,24,26). The molecule has 2 aliphatic heterocycles. The molecule has 1 fully saturated rings. The van der Waals surface area contributed by atoms with Gasteiger partial charge < -0.3 is 10.1 Å². The Labute approximate surface area is 175 Å². The number of carbonyl (C=O) groups excluding carboxylic acids is 2. The summed E-state index contributed by atoms with van der Waals surface area (Å²) in [7, 11) is 0. The van der Waals surface area contributed by atoms with E-state index in [1.54, 1.807) is 29.5 Å². The van der Waals surface area contributed by atoms with E-state index in [1.165, 1.54) is 5.01 Å². The van der Waals surface area contributed by atoms with Gasteiger partial charge in [-0.1, -0.05) is 20.8 Å². The number of ether oxygens (including phenoxy) is 1. The van der Waals surface area contributed by atoms with Crippen LogP contribution in [0.15, 0.2) is 23.6 Å². The average Bonchev–Trinajstić information content (AvgIpc) is 3.16. The van der Waals surface area contributed by atoms with Crippen molar-refractivity contribution in [2.24, 2.45) is 5.92 Å². The highest BCUT2D eigenvalue weighted by atomic mass is 32.1. The monoisotopic (exact) mass is 413 g/mol. The molecule has 1 aromatic carbocycles. The van der Waals surface area contributed by atoms with Gasteiger partial charge in [0.1, 0.15) is 5.75 Å². The third-order valence-corrected chi connectivity index (χ3v) is 6.75. The predicted molar refractivity (Wildman–Crippen MR) is 114 cm³/mol. The van der Waals surface area contributed by atoms with Gasteiger partial charge in [0.05, 0.1) is 16.4 Å². The molecule has 1 N–H and O–H groups in total. The molecule has 154 valence electrons. The Morgan fingerprint density at radius 2 is 2.07 bits per heavy atom. The molecule has 29 heavy (non-hydrogen) atoms. The van der Waals surface area contributed by atoms with Gasteiger partial charge in [-0.3, -0.25) is 14.5 Å². The van der Waals surface area contributed by atoms with E-state index in [-0.39, 0.29) is 29.6 Å². The first-order valence-electron chi connectivity index (χ1n) is 10.1. The molecular formula is C22H27N3O3S. The highest BCUT2D eigenvalue weighted by molar-refractivity contribution is 7.09. The summed E-state index contributed by atoms with van der Waals surface area (Å²) in [5.74, 6) is 0.599. The molecule has 2 aliphatic rings. The van der Waals surface area contributed by atoms with Gasteiger partial charge in [0.25, 0.3) is 5.91 Å². The number of rotatable bonds is 4. The number of piperidine rings is 1. The molecule has 3 heterocycles. The number of ketones is 1. The lowest BCUT2D eigenvalue weighted by Gasteiger charge is -2.31. The minimum Gasteiger partial charge on any atom is -0.482 e. The Bertz CT molecular complexity index is 924. The van der Waals surface area contributed by atoms with E-state index in [9.17, 15) is 9.59 Å². The molecule has 0 saturated carbocycles. The van der Waals surface area contributed by atoms with Crippen LogP contribution in [0.2, 0.25) is 0 Å². The van der Waals surface area contributed by atoms with Crippen LogP contribution in [0.4, 0.5) is 5.69 Å². The van der Waals surface area contributed by atoms with Crippen molar-refractivity contribution in [3.63, 3.8) is 0 Å². The van der Waals surface area contributed by atoms with E-state index in [4.69, 9.17) is 9.72 Å². The lowest BCUT2D eigenvalue weighted by molar-refractivity contribution is -0.118. The Balaban J connectivity index is 1.35. The van der Waals surface area contributed by atoms with Crippen molar-refractivity contribution in [2.45, 2.75) is 45.6 Å². The van der Waals surface area contributed by atoms with Crippen molar-refractivity contribution in [1.29, 1.82) is 0 Å². The number of aromatic nitrogens is 1. The number of Topliss-reactive ketones (excluding diaryl/α,β-unsaturated/α-hetero) is 1. The smallest absolute Gasteiger partial charge is 0.262 e. The predicted octanol–water partition coefficient (Wildman–Crippen LogP) is 3.87. The van der Waals surface area contributed by atoms with Crippen molar-refractivity contribution in [1.82, 2.24) is 9.88 Å². The first kappa shape index (κ1) is 20.0. The molecule has 4 rings (SSSR count). The number of benzene rings is 1. The Hall–Kier alpha value is -2.25. The molecule has 2 aromatic rings. The highest BCUT2D eigenvalue weighted by Crippen LogP contribution is 2.31. The number of hydrogen-bond acceptors (Lipinski definition) is 6. The molecule has 0 bridgehead atoms. The minimum atomic E-state index is -0.188. The van der Waals surface area contributed by atoms with Crippen LogP contribution in [0.1, 0.15) is 54.7 Å². The molecular weight excluding hydrogens is 386 g/mol. The van der Waals surface area contributed by atoms with E-state index in [0.717, 1.165) is 38.2 Å². The molecule has 0 unspecified atom stereocenters. The van der Waals surface area contributed by atoms with Gasteiger partial charge in [-0.2, -0.15) is 0 Å². The summed E-state index contributed by atoms with van der Waals surface area (Å²) in [4.78, 5) is 31.7. The summed E-state index contributed by atoms with van der Waals surface area (Å²) in [6, 6.07) is 5.31. The van der Waals surface area contributed by atoms with Crippen molar-refractivity contribution in [2.75, 3.05) is 25.0 Å². The van der Waals surface area contributed by atoms with Gasteiger partial charge >= 0.3 is 0 Å². The normalized spacial score (nSPS) is 18.1. The number of thiazole rings is 1. The molecule has 1 amide bonds. The van der Waals surface area contributed by atoms with Crippen molar-refractivity contribution < 1.29 is 14.3 Å². The van der Waals surface area contributed by atoms with Crippen LogP contribution in [0.5, 0.6) is 5.75 Å². The number of carbonyl (C=O) groups is 2. The van der Waals surface area contributed by atoms with Crippen LogP contribution in [0, 0.1) is 5.92 Å². The lowest BCUT2D eigenvalue weighted by Crippen LogP contribution is -2.36. The number of nitrogens with zero attached hydrogens (tertiary/aromatic N) is 2. The Morgan fingerprint density at radius 3 is 2.76 bits per heavy atom. The van der Waals surface area contributed by atoms with Gasteiger partial charge in [0.2, 0.25) is 0 Å². The van der Waals surface area contributed by atoms with Crippen molar-refractivity contribution >= 4 is 28.7 Å². The highest BCUT2D eigenvalue weighted by Gasteiger charge is 2.28. The SMILES string of the molecule is CC(C)(C)c1nc(CN2CCC(C(=O)c3ccc4c(c3)NC(=O)CO4)CC2)cs1. The topological polar surface area (TPSA) is 71.5 Å². The maximum atomic E-state index is 13.0. The summed E-state index contributed by atoms with van der Waals surface area (Å²) in [6.45, 7) is 9.21. The molecule has 6 nitrogen and oxygen atoms in total. The molecule has 1 aromatic heterocycles. The second-order valence-corrected chi connectivity index (χ2v) is 9.71. The van der Waals surface area contributed by atoms with Crippen LogP contribution in [0.3, 0.4) is 0 Å². The van der Waals surface area contributed by atoms with Gasteiger partial charge in [-0.05, 0) is 44.1 Å².